The van der Waals surface area contributed by atoms with Gasteiger partial charge < -0.3 is 31.5 Å². The van der Waals surface area contributed by atoms with Crippen LogP contribution in [0, 0.1) is 0 Å². The SMILES string of the molecule is CC(N)C(=O)N1CCCC1C(=O)NC(C(=O)NC(C)C(=O)O)C(C)O. The Kier molecular flexibility index (Phi) is 7.31. The number of likely N-dealkylation sites (tertiary alicyclic amines) is 1. The van der Waals surface area contributed by atoms with Gasteiger partial charge in [-0.3, -0.25) is 19.2 Å². The number of carbonyl (C=O) groups excluding carboxylic acids is 3. The van der Waals surface area contributed by atoms with Crippen molar-refractivity contribution in [2.45, 2.75) is 63.9 Å². The minimum absolute atomic E-state index is 0.366. The van der Waals surface area contributed by atoms with E-state index in [1.54, 1.807) is 0 Å². The van der Waals surface area contributed by atoms with Gasteiger partial charge in [0.25, 0.3) is 0 Å². The number of amides is 3. The summed E-state index contributed by atoms with van der Waals surface area (Å²) in [6.45, 7) is 4.48. The van der Waals surface area contributed by atoms with Gasteiger partial charge in [0, 0.05) is 6.54 Å². The summed E-state index contributed by atoms with van der Waals surface area (Å²) < 4.78 is 0. The van der Waals surface area contributed by atoms with Gasteiger partial charge in [-0.1, -0.05) is 0 Å². The summed E-state index contributed by atoms with van der Waals surface area (Å²) in [5.41, 5.74) is 5.58. The molecule has 5 atom stereocenters. The molecule has 1 aliphatic rings. The van der Waals surface area contributed by atoms with Crippen molar-refractivity contribution in [1.82, 2.24) is 15.5 Å². The van der Waals surface area contributed by atoms with Gasteiger partial charge in [-0.25, -0.2) is 0 Å². The third-order valence-electron chi connectivity index (χ3n) is 4.02. The molecular formula is C15H26N4O6. The highest BCUT2D eigenvalue weighted by atomic mass is 16.4. The number of hydrogen-bond donors (Lipinski definition) is 5. The molecule has 0 aromatic heterocycles. The fourth-order valence-corrected chi connectivity index (χ4v) is 2.58. The van der Waals surface area contributed by atoms with Gasteiger partial charge >= 0.3 is 5.97 Å². The lowest BCUT2D eigenvalue weighted by Gasteiger charge is -2.28. The van der Waals surface area contributed by atoms with Crippen LogP contribution in [-0.4, -0.2) is 75.6 Å². The molecule has 1 saturated heterocycles. The number of aliphatic carboxylic acids is 1. The van der Waals surface area contributed by atoms with Gasteiger partial charge in [0.05, 0.1) is 12.1 Å². The van der Waals surface area contributed by atoms with Crippen molar-refractivity contribution in [2.24, 2.45) is 5.73 Å². The molecule has 1 fully saturated rings. The Labute approximate surface area is 145 Å². The quantitative estimate of drug-likeness (QED) is 0.344. The smallest absolute Gasteiger partial charge is 0.325 e. The summed E-state index contributed by atoms with van der Waals surface area (Å²) in [7, 11) is 0. The van der Waals surface area contributed by atoms with Crippen molar-refractivity contribution in [2.75, 3.05) is 6.54 Å². The van der Waals surface area contributed by atoms with Crippen molar-refractivity contribution in [1.29, 1.82) is 0 Å². The van der Waals surface area contributed by atoms with E-state index in [-0.39, 0.29) is 5.91 Å². The number of carbonyl (C=O) groups is 4. The highest BCUT2D eigenvalue weighted by Crippen LogP contribution is 2.18. The molecule has 1 aliphatic heterocycles. The molecule has 6 N–H and O–H groups in total. The number of nitrogens with one attached hydrogen (secondary N) is 2. The second-order valence-electron chi connectivity index (χ2n) is 6.27. The van der Waals surface area contributed by atoms with Crippen LogP contribution in [-0.2, 0) is 19.2 Å². The number of hydrogen-bond acceptors (Lipinski definition) is 6. The predicted molar refractivity (Wildman–Crippen MR) is 87.2 cm³/mol. The van der Waals surface area contributed by atoms with Gasteiger partial charge in [-0.15, -0.1) is 0 Å². The topological polar surface area (TPSA) is 162 Å². The first-order valence-corrected chi connectivity index (χ1v) is 8.14. The van der Waals surface area contributed by atoms with E-state index >= 15 is 0 Å². The Bertz CT molecular complexity index is 536. The van der Waals surface area contributed by atoms with E-state index in [4.69, 9.17) is 10.8 Å². The fraction of sp³-hybridized carbons (Fsp3) is 0.733. The first kappa shape index (κ1) is 20.8. The molecule has 10 nitrogen and oxygen atoms in total. The largest absolute Gasteiger partial charge is 0.480 e. The van der Waals surface area contributed by atoms with Crippen LogP contribution < -0.4 is 16.4 Å². The molecule has 0 spiro atoms. The van der Waals surface area contributed by atoms with Gasteiger partial charge in [-0.2, -0.15) is 0 Å². The first-order valence-electron chi connectivity index (χ1n) is 8.14. The monoisotopic (exact) mass is 358 g/mol. The maximum absolute atomic E-state index is 12.5. The molecule has 0 aromatic carbocycles. The summed E-state index contributed by atoms with van der Waals surface area (Å²) in [5.74, 6) is -3.01. The number of aliphatic hydroxyl groups is 1. The molecule has 0 aliphatic carbocycles. The zero-order valence-corrected chi connectivity index (χ0v) is 14.6. The van der Waals surface area contributed by atoms with Crippen molar-refractivity contribution in [3.63, 3.8) is 0 Å². The van der Waals surface area contributed by atoms with E-state index in [1.165, 1.54) is 25.7 Å². The van der Waals surface area contributed by atoms with Crippen LogP contribution >= 0.6 is 0 Å². The molecule has 3 amide bonds. The molecule has 142 valence electrons. The molecule has 10 heteroatoms. The number of carboxylic acids is 1. The van der Waals surface area contributed by atoms with E-state index in [1.807, 2.05) is 0 Å². The Morgan fingerprint density at radius 1 is 1.16 bits per heavy atom. The molecule has 0 aromatic rings. The van der Waals surface area contributed by atoms with Crippen LogP contribution in [0.2, 0.25) is 0 Å². The zero-order valence-electron chi connectivity index (χ0n) is 14.6. The molecule has 1 rings (SSSR count). The molecule has 0 radical (unpaired) electrons. The van der Waals surface area contributed by atoms with Crippen LogP contribution in [0.15, 0.2) is 0 Å². The third kappa shape index (κ3) is 5.40. The summed E-state index contributed by atoms with van der Waals surface area (Å²) in [4.78, 5) is 48.8. The van der Waals surface area contributed by atoms with Gasteiger partial charge in [0.15, 0.2) is 0 Å². The minimum atomic E-state index is -1.33. The third-order valence-corrected chi connectivity index (χ3v) is 4.02. The average Bonchev–Trinajstić information content (AvgIpc) is 3.00. The fourth-order valence-electron chi connectivity index (χ4n) is 2.58. The number of rotatable bonds is 7. The second kappa shape index (κ2) is 8.77. The lowest BCUT2D eigenvalue weighted by atomic mass is 10.1. The Balaban J connectivity index is 2.80. The molecule has 5 unspecified atom stereocenters. The number of carboxylic acid groups (broad SMARTS) is 1. The Morgan fingerprint density at radius 2 is 1.76 bits per heavy atom. The lowest BCUT2D eigenvalue weighted by Crippen LogP contribution is -2.59. The Morgan fingerprint density at radius 3 is 2.24 bits per heavy atom. The molecule has 0 saturated carbocycles. The summed E-state index contributed by atoms with van der Waals surface area (Å²) in [5, 5.41) is 23.2. The molecule has 0 bridgehead atoms. The van der Waals surface area contributed by atoms with Crippen LogP contribution in [0.25, 0.3) is 0 Å². The van der Waals surface area contributed by atoms with Crippen LogP contribution in [0.4, 0.5) is 0 Å². The van der Waals surface area contributed by atoms with Crippen LogP contribution in [0.3, 0.4) is 0 Å². The van der Waals surface area contributed by atoms with E-state index in [0.717, 1.165) is 0 Å². The molecular weight excluding hydrogens is 332 g/mol. The van der Waals surface area contributed by atoms with Gasteiger partial charge in [0.2, 0.25) is 17.7 Å². The van der Waals surface area contributed by atoms with E-state index in [2.05, 4.69) is 10.6 Å². The zero-order chi connectivity index (χ0) is 19.3. The minimum Gasteiger partial charge on any atom is -0.480 e. The van der Waals surface area contributed by atoms with E-state index in [9.17, 15) is 24.3 Å². The number of nitrogens with two attached hydrogens (primary N) is 1. The van der Waals surface area contributed by atoms with E-state index < -0.39 is 48.1 Å². The van der Waals surface area contributed by atoms with Crippen molar-refractivity contribution in [3.05, 3.63) is 0 Å². The normalized spacial score (nSPS) is 21.8. The first-order chi connectivity index (χ1) is 11.6. The van der Waals surface area contributed by atoms with E-state index in [0.29, 0.717) is 19.4 Å². The highest BCUT2D eigenvalue weighted by Gasteiger charge is 2.37. The number of nitrogens with zero attached hydrogens (tertiary/aromatic N) is 1. The number of aliphatic hydroxyl groups excluding tert-OH is 1. The average molecular weight is 358 g/mol. The highest BCUT2D eigenvalue weighted by molar-refractivity contribution is 5.94. The summed E-state index contributed by atoms with van der Waals surface area (Å²) >= 11 is 0. The van der Waals surface area contributed by atoms with Crippen molar-refractivity contribution >= 4 is 23.7 Å². The molecule has 1 heterocycles. The van der Waals surface area contributed by atoms with Gasteiger partial charge in [0.1, 0.15) is 18.1 Å². The predicted octanol–water partition coefficient (Wildman–Crippen LogP) is -2.22. The Hall–Kier alpha value is -2.20. The maximum atomic E-state index is 12.5. The second-order valence-corrected chi connectivity index (χ2v) is 6.27. The van der Waals surface area contributed by atoms with Crippen molar-refractivity contribution in [3.8, 4) is 0 Å². The van der Waals surface area contributed by atoms with Crippen molar-refractivity contribution < 1.29 is 29.4 Å². The summed E-state index contributed by atoms with van der Waals surface area (Å²) in [6.07, 6.45) is -0.203. The summed E-state index contributed by atoms with van der Waals surface area (Å²) in [6, 6.07) is -4.03. The van der Waals surface area contributed by atoms with Crippen LogP contribution in [0.5, 0.6) is 0 Å². The van der Waals surface area contributed by atoms with Crippen LogP contribution in [0.1, 0.15) is 33.6 Å². The standard InChI is InChI=1S/C15H26N4O6/c1-7(16)14(23)19-6-4-5-10(19)12(21)18-11(9(3)20)13(22)17-8(2)15(24)25/h7-11,20H,4-6,16H2,1-3H3,(H,17,22)(H,18,21)(H,24,25). The lowest BCUT2D eigenvalue weighted by molar-refractivity contribution is -0.143. The maximum Gasteiger partial charge on any atom is 0.325 e. The van der Waals surface area contributed by atoms with Gasteiger partial charge in [-0.05, 0) is 33.6 Å². The molecule has 25 heavy (non-hydrogen) atoms.